The van der Waals surface area contributed by atoms with Crippen molar-refractivity contribution in [2.75, 3.05) is 6.61 Å². The summed E-state index contributed by atoms with van der Waals surface area (Å²) in [5.74, 6) is 2.29. The summed E-state index contributed by atoms with van der Waals surface area (Å²) < 4.78 is 5.69. The molecule has 0 bridgehead atoms. The molecule has 1 aromatic rings. The quantitative estimate of drug-likeness (QED) is 0.601. The maximum Gasteiger partial charge on any atom is 0.150 e. The average Bonchev–Trinajstić information content (AvgIpc) is 2.38. The van der Waals surface area contributed by atoms with E-state index in [1.165, 1.54) is 19.3 Å². The molecule has 1 unspecified atom stereocenters. The van der Waals surface area contributed by atoms with E-state index in [-0.39, 0.29) is 0 Å². The van der Waals surface area contributed by atoms with Gasteiger partial charge in [0, 0.05) is 5.56 Å². The predicted molar refractivity (Wildman–Crippen MR) is 79.8 cm³/mol. The van der Waals surface area contributed by atoms with E-state index >= 15 is 0 Å². The first kappa shape index (κ1) is 15.7. The van der Waals surface area contributed by atoms with Crippen LogP contribution in [-0.4, -0.2) is 12.9 Å². The molecule has 0 amide bonds. The third-order valence-electron chi connectivity index (χ3n) is 3.35. The summed E-state index contributed by atoms with van der Waals surface area (Å²) in [7, 11) is 0. The van der Waals surface area contributed by atoms with Crippen LogP contribution >= 0.6 is 0 Å². The van der Waals surface area contributed by atoms with Crippen LogP contribution in [0.1, 0.15) is 56.8 Å². The van der Waals surface area contributed by atoms with Crippen LogP contribution in [0.3, 0.4) is 0 Å². The summed E-state index contributed by atoms with van der Waals surface area (Å²) in [6.45, 7) is 7.55. The fraction of sp³-hybridized carbons (Fsp3) is 0.588. The minimum absolute atomic E-state index is 0.669. The zero-order chi connectivity index (χ0) is 14.1. The van der Waals surface area contributed by atoms with Crippen molar-refractivity contribution in [2.24, 2.45) is 11.8 Å². The molecule has 0 aromatic heterocycles. The van der Waals surface area contributed by atoms with E-state index < -0.39 is 0 Å². The summed E-state index contributed by atoms with van der Waals surface area (Å²) >= 11 is 0. The van der Waals surface area contributed by atoms with Crippen LogP contribution in [0.15, 0.2) is 24.3 Å². The average molecular weight is 262 g/mol. The number of aldehydes is 1. The van der Waals surface area contributed by atoms with Crippen LogP contribution in [0.5, 0.6) is 5.75 Å². The highest BCUT2D eigenvalue weighted by Gasteiger charge is 2.04. The number of rotatable bonds is 9. The van der Waals surface area contributed by atoms with Gasteiger partial charge in [0.2, 0.25) is 0 Å². The fourth-order valence-electron chi connectivity index (χ4n) is 2.07. The summed E-state index contributed by atoms with van der Waals surface area (Å²) in [4.78, 5) is 10.7. The van der Waals surface area contributed by atoms with Crippen LogP contribution < -0.4 is 4.74 Å². The van der Waals surface area contributed by atoms with Crippen molar-refractivity contribution in [1.82, 2.24) is 0 Å². The Morgan fingerprint density at radius 3 is 2.63 bits per heavy atom. The van der Waals surface area contributed by atoms with Crippen molar-refractivity contribution in [1.29, 1.82) is 0 Å². The number of ether oxygens (including phenoxy) is 1. The van der Waals surface area contributed by atoms with Gasteiger partial charge < -0.3 is 4.74 Å². The van der Waals surface area contributed by atoms with Crippen molar-refractivity contribution >= 4 is 6.29 Å². The van der Waals surface area contributed by atoms with E-state index in [0.717, 1.165) is 31.0 Å². The molecular formula is C17H26O2. The lowest BCUT2D eigenvalue weighted by Gasteiger charge is -2.13. The van der Waals surface area contributed by atoms with Gasteiger partial charge in [-0.1, -0.05) is 52.2 Å². The van der Waals surface area contributed by atoms with Gasteiger partial charge in [-0.05, 0) is 30.4 Å². The molecule has 2 nitrogen and oxygen atoms in total. The second kappa shape index (κ2) is 8.73. The van der Waals surface area contributed by atoms with Crippen molar-refractivity contribution in [2.45, 2.75) is 46.5 Å². The molecule has 1 rings (SSSR count). The third kappa shape index (κ3) is 7.00. The second-order valence-corrected chi connectivity index (χ2v) is 5.76. The molecule has 0 aliphatic rings. The molecular weight excluding hydrogens is 236 g/mol. The lowest BCUT2D eigenvalue weighted by atomic mass is 9.98. The van der Waals surface area contributed by atoms with E-state index in [2.05, 4.69) is 20.8 Å². The zero-order valence-electron chi connectivity index (χ0n) is 12.4. The van der Waals surface area contributed by atoms with E-state index in [9.17, 15) is 4.79 Å². The minimum Gasteiger partial charge on any atom is -0.494 e. The standard InChI is InChI=1S/C17H26O2/c1-14(2)6-4-7-15(3)10-11-19-17-9-5-8-16(12-17)13-18/h5,8-9,12-15H,4,6-7,10-11H2,1-3H3. The molecule has 2 heteroatoms. The Labute approximate surface area is 117 Å². The first-order valence-corrected chi connectivity index (χ1v) is 7.30. The number of carbonyl (C=O) groups excluding carboxylic acids is 1. The maximum absolute atomic E-state index is 10.7. The predicted octanol–water partition coefficient (Wildman–Crippen LogP) is 4.73. The van der Waals surface area contributed by atoms with Crippen LogP contribution in [-0.2, 0) is 0 Å². The van der Waals surface area contributed by atoms with Crippen molar-refractivity contribution < 1.29 is 9.53 Å². The summed E-state index contributed by atoms with van der Waals surface area (Å²) in [6, 6.07) is 7.33. The first-order chi connectivity index (χ1) is 9.11. The van der Waals surface area contributed by atoms with Gasteiger partial charge in [-0.2, -0.15) is 0 Å². The normalized spacial score (nSPS) is 12.4. The molecule has 0 radical (unpaired) electrons. The van der Waals surface area contributed by atoms with E-state index in [4.69, 9.17) is 4.74 Å². The molecule has 0 aliphatic heterocycles. The Morgan fingerprint density at radius 2 is 1.95 bits per heavy atom. The molecule has 0 heterocycles. The molecule has 19 heavy (non-hydrogen) atoms. The molecule has 0 spiro atoms. The highest BCUT2D eigenvalue weighted by atomic mass is 16.5. The van der Waals surface area contributed by atoms with Gasteiger partial charge in [-0.3, -0.25) is 4.79 Å². The summed E-state index contributed by atoms with van der Waals surface area (Å²) in [6.07, 6.45) is 5.81. The largest absolute Gasteiger partial charge is 0.494 e. The van der Waals surface area contributed by atoms with Gasteiger partial charge in [-0.25, -0.2) is 0 Å². The van der Waals surface area contributed by atoms with Crippen molar-refractivity contribution in [3.63, 3.8) is 0 Å². The SMILES string of the molecule is CC(C)CCCC(C)CCOc1cccc(C=O)c1. The number of carbonyl (C=O) groups is 1. The third-order valence-corrected chi connectivity index (χ3v) is 3.35. The lowest BCUT2D eigenvalue weighted by Crippen LogP contribution is -2.05. The number of hydrogen-bond donors (Lipinski definition) is 0. The van der Waals surface area contributed by atoms with Gasteiger partial charge in [0.15, 0.2) is 0 Å². The Morgan fingerprint density at radius 1 is 1.16 bits per heavy atom. The topological polar surface area (TPSA) is 26.3 Å². The molecule has 1 aromatic carbocycles. The van der Waals surface area contributed by atoms with E-state index in [0.29, 0.717) is 11.5 Å². The monoisotopic (exact) mass is 262 g/mol. The van der Waals surface area contributed by atoms with Gasteiger partial charge >= 0.3 is 0 Å². The molecule has 1 atom stereocenters. The molecule has 0 aliphatic carbocycles. The van der Waals surface area contributed by atoms with Gasteiger partial charge in [-0.15, -0.1) is 0 Å². The molecule has 0 saturated heterocycles. The Bertz CT molecular complexity index is 371. The summed E-state index contributed by atoms with van der Waals surface area (Å²) in [5.41, 5.74) is 0.669. The lowest BCUT2D eigenvalue weighted by molar-refractivity contribution is 0.112. The maximum atomic E-state index is 10.7. The van der Waals surface area contributed by atoms with E-state index in [1.54, 1.807) is 12.1 Å². The highest BCUT2D eigenvalue weighted by Crippen LogP contribution is 2.17. The molecule has 0 fully saturated rings. The van der Waals surface area contributed by atoms with Crippen LogP contribution in [0.2, 0.25) is 0 Å². The second-order valence-electron chi connectivity index (χ2n) is 5.76. The van der Waals surface area contributed by atoms with Gasteiger partial charge in [0.25, 0.3) is 0 Å². The highest BCUT2D eigenvalue weighted by molar-refractivity contribution is 5.75. The molecule has 0 N–H and O–H groups in total. The first-order valence-electron chi connectivity index (χ1n) is 7.30. The van der Waals surface area contributed by atoms with E-state index in [1.807, 2.05) is 12.1 Å². The van der Waals surface area contributed by atoms with Crippen molar-refractivity contribution in [3.8, 4) is 5.75 Å². The van der Waals surface area contributed by atoms with Gasteiger partial charge in [0.1, 0.15) is 12.0 Å². The Balaban J connectivity index is 2.20. The fourth-order valence-corrected chi connectivity index (χ4v) is 2.07. The molecule has 106 valence electrons. The molecule has 0 saturated carbocycles. The smallest absolute Gasteiger partial charge is 0.150 e. The van der Waals surface area contributed by atoms with Crippen LogP contribution in [0.4, 0.5) is 0 Å². The summed E-state index contributed by atoms with van der Waals surface area (Å²) in [5, 5.41) is 0. The Hall–Kier alpha value is -1.31. The zero-order valence-corrected chi connectivity index (χ0v) is 12.4. The van der Waals surface area contributed by atoms with Crippen LogP contribution in [0, 0.1) is 11.8 Å². The van der Waals surface area contributed by atoms with Crippen molar-refractivity contribution in [3.05, 3.63) is 29.8 Å². The number of hydrogen-bond acceptors (Lipinski definition) is 2. The Kier molecular flexibility index (Phi) is 7.24. The minimum atomic E-state index is 0.669. The van der Waals surface area contributed by atoms with Gasteiger partial charge in [0.05, 0.1) is 6.61 Å². The number of benzene rings is 1. The van der Waals surface area contributed by atoms with Crippen LogP contribution in [0.25, 0.3) is 0 Å².